The fraction of sp³-hybridized carbons (Fsp3) is 0.0476. The molecule has 1 aromatic heterocycles. The Kier molecular flexibility index (Phi) is 4.25. The van der Waals surface area contributed by atoms with Crippen LogP contribution in [0.5, 0.6) is 0 Å². The third kappa shape index (κ3) is 3.43. The van der Waals surface area contributed by atoms with Gasteiger partial charge in [-0.25, -0.2) is 5.43 Å². The van der Waals surface area contributed by atoms with E-state index in [-0.39, 0.29) is 5.92 Å². The van der Waals surface area contributed by atoms with E-state index in [1.54, 1.807) is 0 Å². The molecule has 0 saturated heterocycles. The average Bonchev–Trinajstić information content (AvgIpc) is 3.09. The van der Waals surface area contributed by atoms with E-state index in [2.05, 4.69) is 39.8 Å². The van der Waals surface area contributed by atoms with E-state index in [9.17, 15) is 0 Å². The molecule has 122 valence electrons. The Morgan fingerprint density at radius 1 is 0.800 bits per heavy atom. The van der Waals surface area contributed by atoms with E-state index in [0.717, 1.165) is 11.1 Å². The van der Waals surface area contributed by atoms with Crippen molar-refractivity contribution in [1.82, 2.24) is 4.98 Å². The largest absolute Gasteiger partial charge is 0.422 e. The number of fused-ring (bicyclic) bond motifs is 1. The first-order chi connectivity index (χ1) is 12.4. The summed E-state index contributed by atoms with van der Waals surface area (Å²) in [7, 11) is 0. The molecule has 0 unspecified atom stereocenters. The van der Waals surface area contributed by atoms with Crippen LogP contribution in [0.3, 0.4) is 0 Å². The van der Waals surface area contributed by atoms with E-state index in [1.165, 1.54) is 11.1 Å². The van der Waals surface area contributed by atoms with Gasteiger partial charge in [-0.1, -0.05) is 72.8 Å². The van der Waals surface area contributed by atoms with Gasteiger partial charge in [0.05, 0.1) is 0 Å². The maximum absolute atomic E-state index is 5.63. The number of hydrazone groups is 1. The SMILES string of the molecule is C(=NNc1nc2ccccc2o1)C(c1ccccc1)c1ccccc1. The summed E-state index contributed by atoms with van der Waals surface area (Å²) in [5, 5.41) is 4.36. The highest BCUT2D eigenvalue weighted by atomic mass is 16.4. The number of para-hydroxylation sites is 2. The second-order valence-corrected chi connectivity index (χ2v) is 5.68. The van der Waals surface area contributed by atoms with Crippen molar-refractivity contribution in [3.05, 3.63) is 96.1 Å². The van der Waals surface area contributed by atoms with E-state index in [0.29, 0.717) is 6.01 Å². The van der Waals surface area contributed by atoms with Gasteiger partial charge in [-0.15, -0.1) is 0 Å². The second-order valence-electron chi connectivity index (χ2n) is 5.68. The molecule has 25 heavy (non-hydrogen) atoms. The molecule has 4 nitrogen and oxygen atoms in total. The Bertz CT molecular complexity index is 905. The number of aromatic nitrogens is 1. The predicted octanol–water partition coefficient (Wildman–Crippen LogP) is 5.06. The molecular formula is C21H17N3O. The Hall–Kier alpha value is -3.40. The molecule has 0 saturated carbocycles. The van der Waals surface area contributed by atoms with Gasteiger partial charge < -0.3 is 4.42 Å². The second kappa shape index (κ2) is 7.01. The molecule has 4 aromatic rings. The Balaban J connectivity index is 1.59. The molecule has 4 heteroatoms. The molecule has 0 bridgehead atoms. The van der Waals surface area contributed by atoms with Gasteiger partial charge in [-0.3, -0.25) is 0 Å². The van der Waals surface area contributed by atoms with Crippen LogP contribution in [0.15, 0.2) is 94.4 Å². The number of oxazole rings is 1. The van der Waals surface area contributed by atoms with Crippen LogP contribution in [0.2, 0.25) is 0 Å². The molecule has 3 aromatic carbocycles. The highest BCUT2D eigenvalue weighted by Crippen LogP contribution is 2.23. The molecule has 1 heterocycles. The molecule has 0 spiro atoms. The van der Waals surface area contributed by atoms with Gasteiger partial charge in [0.2, 0.25) is 0 Å². The first-order valence-electron chi connectivity index (χ1n) is 8.15. The standard InChI is InChI=1S/C21H17N3O/c1-3-9-16(10-4-1)18(17-11-5-2-6-12-17)15-22-24-21-23-19-13-7-8-14-20(19)25-21/h1-15,18H,(H,23,24). The summed E-state index contributed by atoms with van der Waals surface area (Å²) >= 11 is 0. The van der Waals surface area contributed by atoms with Crippen LogP contribution in [0.25, 0.3) is 11.1 Å². The van der Waals surface area contributed by atoms with Crippen LogP contribution in [0, 0.1) is 0 Å². The number of nitrogens with one attached hydrogen (secondary N) is 1. The Labute approximate surface area is 145 Å². The van der Waals surface area contributed by atoms with E-state index >= 15 is 0 Å². The quantitative estimate of drug-likeness (QED) is 0.412. The van der Waals surface area contributed by atoms with Gasteiger partial charge >= 0.3 is 6.01 Å². The van der Waals surface area contributed by atoms with E-state index < -0.39 is 0 Å². The molecular weight excluding hydrogens is 310 g/mol. The van der Waals surface area contributed by atoms with Crippen molar-refractivity contribution in [2.24, 2.45) is 5.10 Å². The lowest BCUT2D eigenvalue weighted by Gasteiger charge is -2.12. The molecule has 0 radical (unpaired) electrons. The lowest BCUT2D eigenvalue weighted by atomic mass is 9.92. The lowest BCUT2D eigenvalue weighted by Crippen LogP contribution is -2.04. The third-order valence-electron chi connectivity index (χ3n) is 4.00. The molecule has 1 N–H and O–H groups in total. The predicted molar refractivity (Wildman–Crippen MR) is 101 cm³/mol. The fourth-order valence-electron chi connectivity index (χ4n) is 2.77. The summed E-state index contributed by atoms with van der Waals surface area (Å²) in [4.78, 5) is 4.36. The third-order valence-corrected chi connectivity index (χ3v) is 4.00. The Morgan fingerprint density at radius 2 is 1.40 bits per heavy atom. The van der Waals surface area contributed by atoms with Gasteiger partial charge in [0.25, 0.3) is 0 Å². The smallest absolute Gasteiger partial charge is 0.316 e. The lowest BCUT2D eigenvalue weighted by molar-refractivity contribution is 0.617. The summed E-state index contributed by atoms with van der Waals surface area (Å²) in [6, 6.07) is 28.6. The Morgan fingerprint density at radius 3 is 2.04 bits per heavy atom. The first-order valence-corrected chi connectivity index (χ1v) is 8.15. The topological polar surface area (TPSA) is 50.4 Å². The van der Waals surface area contributed by atoms with Crippen LogP contribution >= 0.6 is 0 Å². The molecule has 0 aliphatic carbocycles. The van der Waals surface area contributed by atoms with Crippen molar-refractivity contribution in [1.29, 1.82) is 0 Å². The van der Waals surface area contributed by atoms with Crippen molar-refractivity contribution in [2.75, 3.05) is 5.43 Å². The van der Waals surface area contributed by atoms with Crippen LogP contribution in [-0.2, 0) is 0 Å². The fourth-order valence-corrected chi connectivity index (χ4v) is 2.77. The van der Waals surface area contributed by atoms with Crippen molar-refractivity contribution >= 4 is 23.3 Å². The first kappa shape index (κ1) is 15.1. The van der Waals surface area contributed by atoms with Gasteiger partial charge in [0.1, 0.15) is 5.52 Å². The van der Waals surface area contributed by atoms with E-state index in [1.807, 2.05) is 66.9 Å². The maximum atomic E-state index is 5.63. The summed E-state index contributed by atoms with van der Waals surface area (Å²) in [5.74, 6) is 0.0549. The van der Waals surface area contributed by atoms with Crippen molar-refractivity contribution in [3.8, 4) is 0 Å². The average molecular weight is 327 g/mol. The molecule has 0 amide bonds. The monoisotopic (exact) mass is 327 g/mol. The number of benzene rings is 3. The number of rotatable bonds is 5. The normalized spacial score (nSPS) is 11.4. The van der Waals surface area contributed by atoms with Crippen molar-refractivity contribution in [2.45, 2.75) is 5.92 Å². The molecule has 0 aliphatic heterocycles. The van der Waals surface area contributed by atoms with Crippen molar-refractivity contribution in [3.63, 3.8) is 0 Å². The van der Waals surface area contributed by atoms with Gasteiger partial charge in [0.15, 0.2) is 5.58 Å². The van der Waals surface area contributed by atoms with Gasteiger partial charge in [-0.2, -0.15) is 10.1 Å². The highest BCUT2D eigenvalue weighted by Gasteiger charge is 2.11. The zero-order valence-electron chi connectivity index (χ0n) is 13.5. The van der Waals surface area contributed by atoms with Gasteiger partial charge in [0, 0.05) is 12.1 Å². The zero-order valence-corrected chi connectivity index (χ0v) is 13.5. The molecule has 0 fully saturated rings. The molecule has 4 rings (SSSR count). The van der Waals surface area contributed by atoms with Crippen molar-refractivity contribution < 1.29 is 4.42 Å². The number of anilines is 1. The highest BCUT2D eigenvalue weighted by molar-refractivity contribution is 5.75. The van der Waals surface area contributed by atoms with Crippen LogP contribution in [-0.4, -0.2) is 11.2 Å². The zero-order chi connectivity index (χ0) is 16.9. The summed E-state index contributed by atoms with van der Waals surface area (Å²) < 4.78 is 5.63. The summed E-state index contributed by atoms with van der Waals surface area (Å²) in [5.41, 5.74) is 6.80. The minimum absolute atomic E-state index is 0.0549. The number of hydrogen-bond donors (Lipinski definition) is 1. The maximum Gasteiger partial charge on any atom is 0.316 e. The summed E-state index contributed by atoms with van der Waals surface area (Å²) in [6.45, 7) is 0. The van der Waals surface area contributed by atoms with Crippen LogP contribution in [0.4, 0.5) is 6.01 Å². The van der Waals surface area contributed by atoms with Gasteiger partial charge in [-0.05, 0) is 23.3 Å². The minimum atomic E-state index is 0.0549. The number of nitrogens with zero attached hydrogens (tertiary/aromatic N) is 2. The molecule has 0 atom stereocenters. The molecule has 0 aliphatic rings. The van der Waals surface area contributed by atoms with Crippen LogP contribution < -0.4 is 5.43 Å². The number of hydrogen-bond acceptors (Lipinski definition) is 4. The van der Waals surface area contributed by atoms with Crippen LogP contribution in [0.1, 0.15) is 17.0 Å². The minimum Gasteiger partial charge on any atom is -0.422 e. The van der Waals surface area contributed by atoms with E-state index in [4.69, 9.17) is 4.42 Å². The summed E-state index contributed by atoms with van der Waals surface area (Å²) in [6.07, 6.45) is 1.87.